The van der Waals surface area contributed by atoms with Gasteiger partial charge in [-0.2, -0.15) is 0 Å². The molecule has 1 heterocycles. The predicted octanol–water partition coefficient (Wildman–Crippen LogP) is 2.58. The molecule has 0 amide bonds. The molecule has 2 aliphatic rings. The third-order valence-electron chi connectivity index (χ3n) is 4.41. The fourth-order valence-electron chi connectivity index (χ4n) is 3.04. The van der Waals surface area contributed by atoms with E-state index in [4.69, 9.17) is 4.74 Å². The third kappa shape index (κ3) is 3.13. The van der Waals surface area contributed by atoms with Gasteiger partial charge in [0.15, 0.2) is 0 Å². The van der Waals surface area contributed by atoms with E-state index in [1.807, 2.05) is 6.07 Å². The van der Waals surface area contributed by atoms with Crippen LogP contribution in [0, 0.1) is 11.7 Å². The summed E-state index contributed by atoms with van der Waals surface area (Å²) >= 11 is 0. The third-order valence-corrected chi connectivity index (χ3v) is 4.41. The van der Waals surface area contributed by atoms with Gasteiger partial charge in [-0.1, -0.05) is 12.8 Å². The molecule has 20 heavy (non-hydrogen) atoms. The Morgan fingerprint density at radius 2 is 2.10 bits per heavy atom. The minimum Gasteiger partial charge on any atom is -0.497 e. The van der Waals surface area contributed by atoms with Crippen molar-refractivity contribution in [3.8, 4) is 5.75 Å². The molecule has 0 radical (unpaired) electrons. The molecular formula is C16H23FN2O. The Bertz CT molecular complexity index is 456. The van der Waals surface area contributed by atoms with Gasteiger partial charge in [0.2, 0.25) is 0 Å². The maximum atomic E-state index is 14.3. The standard InChI is InChI=1S/C16H23FN2O/c1-20-13-4-5-15(17)14(11-13)16(10-12-2-3-12)19-8-6-18-7-9-19/h4-5,11-12,16,18H,2-3,6-10H2,1H3/t16-/m1/s1. The van der Waals surface area contributed by atoms with E-state index < -0.39 is 0 Å². The molecule has 1 saturated heterocycles. The second kappa shape index (κ2) is 6.10. The number of benzene rings is 1. The van der Waals surface area contributed by atoms with Gasteiger partial charge in [0.25, 0.3) is 0 Å². The lowest BCUT2D eigenvalue weighted by atomic mass is 9.98. The van der Waals surface area contributed by atoms with Gasteiger partial charge < -0.3 is 10.1 Å². The van der Waals surface area contributed by atoms with Gasteiger partial charge in [0, 0.05) is 37.8 Å². The number of nitrogens with zero attached hydrogens (tertiary/aromatic N) is 1. The lowest BCUT2D eigenvalue weighted by Crippen LogP contribution is -2.45. The molecule has 1 aliphatic heterocycles. The lowest BCUT2D eigenvalue weighted by Gasteiger charge is -2.35. The van der Waals surface area contributed by atoms with E-state index in [9.17, 15) is 4.39 Å². The molecule has 1 aromatic rings. The first-order valence-electron chi connectivity index (χ1n) is 7.56. The zero-order valence-electron chi connectivity index (χ0n) is 12.1. The van der Waals surface area contributed by atoms with Crippen LogP contribution >= 0.6 is 0 Å². The molecule has 1 saturated carbocycles. The summed E-state index contributed by atoms with van der Waals surface area (Å²) < 4.78 is 19.6. The Labute approximate surface area is 120 Å². The average molecular weight is 278 g/mol. The van der Waals surface area contributed by atoms with Crippen LogP contribution in [0.25, 0.3) is 0 Å². The number of hydrogen-bond acceptors (Lipinski definition) is 3. The van der Waals surface area contributed by atoms with E-state index in [-0.39, 0.29) is 11.9 Å². The molecule has 3 nitrogen and oxygen atoms in total. The summed E-state index contributed by atoms with van der Waals surface area (Å²) in [5.74, 6) is 1.42. The monoisotopic (exact) mass is 278 g/mol. The molecule has 0 bridgehead atoms. The van der Waals surface area contributed by atoms with Crippen molar-refractivity contribution in [2.24, 2.45) is 5.92 Å². The Balaban J connectivity index is 1.86. The minimum atomic E-state index is -0.102. The van der Waals surface area contributed by atoms with E-state index in [0.717, 1.165) is 49.8 Å². The van der Waals surface area contributed by atoms with Crippen molar-refractivity contribution >= 4 is 0 Å². The summed E-state index contributed by atoms with van der Waals surface area (Å²) in [7, 11) is 1.64. The van der Waals surface area contributed by atoms with Crippen LogP contribution in [0.4, 0.5) is 4.39 Å². The van der Waals surface area contributed by atoms with Crippen molar-refractivity contribution in [3.63, 3.8) is 0 Å². The number of nitrogens with one attached hydrogen (secondary N) is 1. The first kappa shape index (κ1) is 13.8. The summed E-state index contributed by atoms with van der Waals surface area (Å²) in [4.78, 5) is 2.42. The maximum absolute atomic E-state index is 14.3. The molecule has 0 spiro atoms. The smallest absolute Gasteiger partial charge is 0.128 e. The Morgan fingerprint density at radius 3 is 2.75 bits per heavy atom. The van der Waals surface area contributed by atoms with Gasteiger partial charge in [-0.25, -0.2) is 4.39 Å². The van der Waals surface area contributed by atoms with Crippen molar-refractivity contribution in [2.45, 2.75) is 25.3 Å². The van der Waals surface area contributed by atoms with Gasteiger partial charge in [-0.3, -0.25) is 4.90 Å². The van der Waals surface area contributed by atoms with E-state index in [0.29, 0.717) is 0 Å². The first-order chi connectivity index (χ1) is 9.78. The van der Waals surface area contributed by atoms with Gasteiger partial charge in [0.1, 0.15) is 11.6 Å². The van der Waals surface area contributed by atoms with Gasteiger partial charge in [-0.05, 0) is 30.5 Å². The van der Waals surface area contributed by atoms with Gasteiger partial charge in [0.05, 0.1) is 7.11 Å². The molecule has 1 aromatic carbocycles. The molecular weight excluding hydrogens is 255 g/mol. The lowest BCUT2D eigenvalue weighted by molar-refractivity contribution is 0.157. The van der Waals surface area contributed by atoms with Crippen LogP contribution in [-0.4, -0.2) is 38.2 Å². The largest absolute Gasteiger partial charge is 0.497 e. The number of methoxy groups -OCH3 is 1. The number of hydrogen-bond donors (Lipinski definition) is 1. The van der Waals surface area contributed by atoms with Crippen molar-refractivity contribution in [2.75, 3.05) is 33.3 Å². The van der Waals surface area contributed by atoms with Crippen molar-refractivity contribution in [1.29, 1.82) is 0 Å². The van der Waals surface area contributed by atoms with Crippen molar-refractivity contribution in [1.82, 2.24) is 10.2 Å². The highest BCUT2D eigenvalue weighted by molar-refractivity contribution is 5.32. The maximum Gasteiger partial charge on any atom is 0.128 e. The van der Waals surface area contributed by atoms with Crippen LogP contribution in [0.15, 0.2) is 18.2 Å². The molecule has 4 heteroatoms. The van der Waals surface area contributed by atoms with Crippen molar-refractivity contribution < 1.29 is 9.13 Å². The van der Waals surface area contributed by atoms with Crippen LogP contribution in [0.1, 0.15) is 30.9 Å². The normalized spacial score (nSPS) is 21.7. The van der Waals surface area contributed by atoms with E-state index in [1.165, 1.54) is 18.9 Å². The number of rotatable bonds is 5. The second-order valence-electron chi connectivity index (χ2n) is 5.87. The van der Waals surface area contributed by atoms with Crippen LogP contribution in [0.3, 0.4) is 0 Å². The zero-order valence-corrected chi connectivity index (χ0v) is 12.1. The topological polar surface area (TPSA) is 24.5 Å². The fourth-order valence-corrected chi connectivity index (χ4v) is 3.04. The van der Waals surface area contributed by atoms with E-state index in [1.54, 1.807) is 13.2 Å². The average Bonchev–Trinajstić information content (AvgIpc) is 3.31. The second-order valence-corrected chi connectivity index (χ2v) is 5.87. The molecule has 110 valence electrons. The molecule has 0 unspecified atom stereocenters. The van der Waals surface area contributed by atoms with E-state index in [2.05, 4.69) is 10.2 Å². The highest BCUT2D eigenvalue weighted by Gasteiger charge is 2.32. The minimum absolute atomic E-state index is 0.102. The molecule has 0 aromatic heterocycles. The number of halogens is 1. The summed E-state index contributed by atoms with van der Waals surface area (Å²) in [5.41, 5.74) is 0.804. The van der Waals surface area contributed by atoms with Crippen molar-refractivity contribution in [3.05, 3.63) is 29.6 Å². The predicted molar refractivity (Wildman–Crippen MR) is 77.5 cm³/mol. The summed E-state index contributed by atoms with van der Waals surface area (Å²) in [6.45, 7) is 3.97. The highest BCUT2D eigenvalue weighted by Crippen LogP contribution is 2.41. The quantitative estimate of drug-likeness (QED) is 0.896. The van der Waals surface area contributed by atoms with Crippen LogP contribution in [0.2, 0.25) is 0 Å². The zero-order chi connectivity index (χ0) is 13.9. The van der Waals surface area contributed by atoms with Gasteiger partial charge in [-0.15, -0.1) is 0 Å². The summed E-state index contributed by atoms with van der Waals surface area (Å²) in [6.07, 6.45) is 3.67. The Kier molecular flexibility index (Phi) is 4.22. The molecule has 1 aliphatic carbocycles. The Hall–Kier alpha value is -1.13. The fraction of sp³-hybridized carbons (Fsp3) is 0.625. The molecule has 2 fully saturated rings. The van der Waals surface area contributed by atoms with Crippen LogP contribution in [-0.2, 0) is 0 Å². The summed E-state index contributed by atoms with van der Waals surface area (Å²) in [6, 6.07) is 5.31. The number of piperazine rings is 1. The first-order valence-corrected chi connectivity index (χ1v) is 7.56. The summed E-state index contributed by atoms with van der Waals surface area (Å²) in [5, 5.41) is 3.37. The SMILES string of the molecule is COc1ccc(F)c([C@@H](CC2CC2)N2CCNCC2)c1. The van der Waals surface area contributed by atoms with Gasteiger partial charge >= 0.3 is 0 Å². The van der Waals surface area contributed by atoms with E-state index >= 15 is 0 Å². The Morgan fingerprint density at radius 1 is 1.35 bits per heavy atom. The number of ether oxygens (including phenoxy) is 1. The highest BCUT2D eigenvalue weighted by atomic mass is 19.1. The molecule has 3 rings (SSSR count). The molecule has 1 atom stereocenters. The molecule has 1 N–H and O–H groups in total. The van der Waals surface area contributed by atoms with Crippen LogP contribution < -0.4 is 10.1 Å². The van der Waals surface area contributed by atoms with Crippen LogP contribution in [0.5, 0.6) is 5.75 Å².